The Hall–Kier alpha value is -1.76. The molecule has 2 aromatic carbocycles. The lowest BCUT2D eigenvalue weighted by Crippen LogP contribution is -2.07. The fourth-order valence-electron chi connectivity index (χ4n) is 3.03. The second-order valence-corrected chi connectivity index (χ2v) is 5.80. The van der Waals surface area contributed by atoms with E-state index in [1.165, 1.54) is 36.1 Å². The first kappa shape index (κ1) is 13.2. The summed E-state index contributed by atoms with van der Waals surface area (Å²) >= 11 is 0. The van der Waals surface area contributed by atoms with E-state index < -0.39 is 0 Å². The molecule has 1 N–H and O–H groups in total. The van der Waals surface area contributed by atoms with Crippen molar-refractivity contribution in [1.82, 2.24) is 0 Å². The van der Waals surface area contributed by atoms with Crippen LogP contribution in [0.2, 0.25) is 0 Å². The Morgan fingerprint density at radius 2 is 1.75 bits per heavy atom. The maximum atomic E-state index is 3.60. The minimum atomic E-state index is 0.355. The predicted molar refractivity (Wildman–Crippen MR) is 86.3 cm³/mol. The highest BCUT2D eigenvalue weighted by atomic mass is 14.9. The van der Waals surface area contributed by atoms with Gasteiger partial charge in [-0.15, -0.1) is 0 Å². The van der Waals surface area contributed by atoms with Gasteiger partial charge in [-0.1, -0.05) is 37.3 Å². The molecule has 1 unspecified atom stereocenters. The molecule has 0 spiro atoms. The molecule has 1 atom stereocenters. The summed E-state index contributed by atoms with van der Waals surface area (Å²) in [4.78, 5) is 0. The highest BCUT2D eigenvalue weighted by Crippen LogP contribution is 2.27. The van der Waals surface area contributed by atoms with Crippen LogP contribution in [-0.2, 0) is 19.3 Å². The average molecular weight is 265 g/mol. The number of hydrogen-bond acceptors (Lipinski definition) is 1. The predicted octanol–water partition coefficient (Wildman–Crippen LogP) is 4.91. The second-order valence-electron chi connectivity index (χ2n) is 5.80. The number of anilines is 1. The summed E-state index contributed by atoms with van der Waals surface area (Å²) in [7, 11) is 0. The highest BCUT2D eigenvalue weighted by molar-refractivity contribution is 5.47. The van der Waals surface area contributed by atoms with Gasteiger partial charge in [0.1, 0.15) is 0 Å². The quantitative estimate of drug-likeness (QED) is 0.828. The lowest BCUT2D eigenvalue weighted by molar-refractivity contribution is 0.879. The summed E-state index contributed by atoms with van der Waals surface area (Å²) in [5.41, 5.74) is 7.09. The molecule has 20 heavy (non-hydrogen) atoms. The van der Waals surface area contributed by atoms with Crippen LogP contribution in [0.25, 0.3) is 0 Å². The zero-order valence-electron chi connectivity index (χ0n) is 12.4. The van der Waals surface area contributed by atoms with Crippen LogP contribution in [0.15, 0.2) is 42.5 Å². The molecule has 1 aliphatic rings. The van der Waals surface area contributed by atoms with E-state index in [0.717, 1.165) is 6.42 Å². The smallest absolute Gasteiger partial charge is 0.0485 e. The number of nitrogens with one attached hydrogen (secondary N) is 1. The van der Waals surface area contributed by atoms with Crippen LogP contribution in [0, 0.1) is 0 Å². The van der Waals surface area contributed by atoms with Gasteiger partial charge in [0.2, 0.25) is 0 Å². The fourth-order valence-corrected chi connectivity index (χ4v) is 3.03. The van der Waals surface area contributed by atoms with Gasteiger partial charge in [-0.25, -0.2) is 0 Å². The molecule has 0 fully saturated rings. The summed E-state index contributed by atoms with van der Waals surface area (Å²) in [6, 6.07) is 16.1. The monoisotopic (exact) mass is 265 g/mol. The minimum absolute atomic E-state index is 0.355. The van der Waals surface area contributed by atoms with Crippen LogP contribution < -0.4 is 5.32 Å². The van der Waals surface area contributed by atoms with Crippen molar-refractivity contribution in [3.8, 4) is 0 Å². The standard InChI is InChI=1S/C19H23N/c1-3-15-7-11-19(12-8-15)20-14(2)17-10-9-16-5-4-6-18(16)13-17/h7-14,20H,3-6H2,1-2H3. The van der Waals surface area contributed by atoms with Gasteiger partial charge < -0.3 is 5.32 Å². The molecule has 0 amide bonds. The van der Waals surface area contributed by atoms with E-state index in [0.29, 0.717) is 6.04 Å². The first-order chi connectivity index (χ1) is 9.76. The van der Waals surface area contributed by atoms with Crippen LogP contribution in [0.4, 0.5) is 5.69 Å². The zero-order valence-corrected chi connectivity index (χ0v) is 12.4. The molecule has 0 saturated carbocycles. The maximum absolute atomic E-state index is 3.60. The maximum Gasteiger partial charge on any atom is 0.0485 e. The Bertz CT molecular complexity index is 583. The second kappa shape index (κ2) is 5.70. The molecule has 0 aromatic heterocycles. The van der Waals surface area contributed by atoms with E-state index >= 15 is 0 Å². The highest BCUT2D eigenvalue weighted by Gasteiger charge is 2.13. The molecule has 0 bridgehead atoms. The van der Waals surface area contributed by atoms with E-state index in [9.17, 15) is 0 Å². The molecule has 1 heteroatoms. The molecule has 104 valence electrons. The van der Waals surface area contributed by atoms with Gasteiger partial charge in [0.15, 0.2) is 0 Å². The van der Waals surface area contributed by atoms with Crippen molar-refractivity contribution in [3.63, 3.8) is 0 Å². The number of fused-ring (bicyclic) bond motifs is 1. The summed E-state index contributed by atoms with van der Waals surface area (Å²) < 4.78 is 0. The van der Waals surface area contributed by atoms with Crippen molar-refractivity contribution in [3.05, 3.63) is 64.7 Å². The van der Waals surface area contributed by atoms with Crippen molar-refractivity contribution >= 4 is 5.69 Å². The van der Waals surface area contributed by atoms with Crippen LogP contribution >= 0.6 is 0 Å². The Morgan fingerprint density at radius 3 is 2.50 bits per heavy atom. The van der Waals surface area contributed by atoms with Gasteiger partial charge in [0.25, 0.3) is 0 Å². The molecule has 0 heterocycles. The molecule has 1 aliphatic carbocycles. The van der Waals surface area contributed by atoms with Gasteiger partial charge in [-0.3, -0.25) is 0 Å². The Morgan fingerprint density at radius 1 is 1.00 bits per heavy atom. The van der Waals surface area contributed by atoms with Gasteiger partial charge >= 0.3 is 0 Å². The summed E-state index contributed by atoms with van der Waals surface area (Å²) in [5, 5.41) is 3.60. The Kier molecular flexibility index (Phi) is 3.77. The first-order valence-electron chi connectivity index (χ1n) is 7.73. The molecule has 0 aliphatic heterocycles. The minimum Gasteiger partial charge on any atom is -0.379 e. The first-order valence-corrected chi connectivity index (χ1v) is 7.73. The van der Waals surface area contributed by atoms with Crippen LogP contribution in [0.1, 0.15) is 48.6 Å². The summed E-state index contributed by atoms with van der Waals surface area (Å²) in [5.74, 6) is 0. The third-order valence-electron chi connectivity index (χ3n) is 4.37. The number of hydrogen-bond donors (Lipinski definition) is 1. The Balaban J connectivity index is 1.73. The van der Waals surface area contributed by atoms with E-state index in [-0.39, 0.29) is 0 Å². The molecular weight excluding hydrogens is 242 g/mol. The normalized spacial score (nSPS) is 14.9. The molecule has 3 rings (SSSR count). The van der Waals surface area contributed by atoms with E-state index in [4.69, 9.17) is 0 Å². The lowest BCUT2D eigenvalue weighted by atomic mass is 10.0. The van der Waals surface area contributed by atoms with Gasteiger partial charge in [-0.2, -0.15) is 0 Å². The van der Waals surface area contributed by atoms with Crippen molar-refractivity contribution in [2.24, 2.45) is 0 Å². The van der Waals surface area contributed by atoms with E-state index in [1.807, 2.05) is 0 Å². The van der Waals surface area contributed by atoms with Gasteiger partial charge in [0, 0.05) is 11.7 Å². The third kappa shape index (κ3) is 2.72. The zero-order chi connectivity index (χ0) is 13.9. The van der Waals surface area contributed by atoms with Crippen molar-refractivity contribution in [1.29, 1.82) is 0 Å². The van der Waals surface area contributed by atoms with E-state index in [2.05, 4.69) is 61.6 Å². The van der Waals surface area contributed by atoms with Crippen molar-refractivity contribution in [2.75, 3.05) is 5.32 Å². The Labute approximate surface area is 122 Å². The molecular formula is C19H23N. The molecule has 2 aromatic rings. The molecule has 0 saturated heterocycles. The third-order valence-corrected chi connectivity index (χ3v) is 4.37. The summed E-state index contributed by atoms with van der Waals surface area (Å²) in [6.07, 6.45) is 4.93. The summed E-state index contributed by atoms with van der Waals surface area (Å²) in [6.45, 7) is 4.43. The van der Waals surface area contributed by atoms with Gasteiger partial charge in [0.05, 0.1) is 0 Å². The lowest BCUT2D eigenvalue weighted by Gasteiger charge is -2.17. The van der Waals surface area contributed by atoms with E-state index in [1.54, 1.807) is 11.1 Å². The van der Waals surface area contributed by atoms with Crippen LogP contribution in [-0.4, -0.2) is 0 Å². The number of rotatable bonds is 4. The fraction of sp³-hybridized carbons (Fsp3) is 0.368. The van der Waals surface area contributed by atoms with Crippen LogP contribution in [0.3, 0.4) is 0 Å². The van der Waals surface area contributed by atoms with Crippen molar-refractivity contribution < 1.29 is 0 Å². The number of benzene rings is 2. The molecule has 0 radical (unpaired) electrons. The van der Waals surface area contributed by atoms with Gasteiger partial charge in [-0.05, 0) is 67.0 Å². The largest absolute Gasteiger partial charge is 0.379 e. The topological polar surface area (TPSA) is 12.0 Å². The molecule has 1 nitrogen and oxygen atoms in total. The SMILES string of the molecule is CCc1ccc(NC(C)c2ccc3c(c2)CCC3)cc1. The average Bonchev–Trinajstić information content (AvgIpc) is 2.95. The van der Waals surface area contributed by atoms with Crippen molar-refractivity contribution in [2.45, 2.75) is 45.6 Å². The number of aryl methyl sites for hydroxylation is 3. The van der Waals surface area contributed by atoms with Crippen LogP contribution in [0.5, 0.6) is 0 Å².